The van der Waals surface area contributed by atoms with Gasteiger partial charge in [0.15, 0.2) is 5.13 Å². The molecule has 0 saturated carbocycles. The van der Waals surface area contributed by atoms with E-state index in [1.807, 2.05) is 6.92 Å². The molecule has 0 saturated heterocycles. The van der Waals surface area contributed by atoms with Crippen LogP contribution in [0, 0.1) is 17.0 Å². The van der Waals surface area contributed by atoms with Crippen LogP contribution in [0.3, 0.4) is 0 Å². The van der Waals surface area contributed by atoms with E-state index in [0.717, 1.165) is 9.90 Å². The third-order valence-electron chi connectivity index (χ3n) is 2.32. The maximum absolute atomic E-state index is 10.9. The third-order valence-corrected chi connectivity index (χ3v) is 4.72. The van der Waals surface area contributed by atoms with Gasteiger partial charge in [0.2, 0.25) is 0 Å². The normalized spacial score (nSPS) is 10.5. The highest BCUT2D eigenvalue weighted by atomic mass is 32.2. The van der Waals surface area contributed by atoms with Crippen molar-refractivity contribution in [3.05, 3.63) is 45.6 Å². The summed E-state index contributed by atoms with van der Waals surface area (Å²) in [5.41, 5.74) is 7.35. The number of aromatic nitrogens is 1. The summed E-state index contributed by atoms with van der Waals surface area (Å²) in [6, 6.07) is 6.76. The molecule has 0 fully saturated rings. The highest BCUT2D eigenvalue weighted by molar-refractivity contribution is 8.00. The number of hydrogen-bond acceptors (Lipinski definition) is 6. The number of nitrogens with zero attached hydrogens (tertiary/aromatic N) is 2. The average molecular weight is 281 g/mol. The Bertz CT molecular complexity index is 583. The highest BCUT2D eigenvalue weighted by Crippen LogP contribution is 2.34. The van der Waals surface area contributed by atoms with Crippen molar-refractivity contribution in [1.82, 2.24) is 4.98 Å². The molecule has 0 amide bonds. The van der Waals surface area contributed by atoms with Crippen molar-refractivity contribution in [2.75, 3.05) is 5.73 Å². The molecule has 0 aliphatic carbocycles. The van der Waals surface area contributed by atoms with Crippen LogP contribution in [0.25, 0.3) is 0 Å². The van der Waals surface area contributed by atoms with Crippen LogP contribution in [0.2, 0.25) is 0 Å². The van der Waals surface area contributed by atoms with E-state index in [1.165, 1.54) is 29.2 Å². The second-order valence-corrected chi connectivity index (χ2v) is 5.87. The molecular formula is C11H11N3O2S2. The van der Waals surface area contributed by atoms with Gasteiger partial charge in [-0.25, -0.2) is 4.98 Å². The molecule has 18 heavy (non-hydrogen) atoms. The maximum Gasteiger partial charge on any atom is 0.273 e. The minimum absolute atomic E-state index is 0.153. The molecule has 7 heteroatoms. The number of nitro groups is 1. The Balaban J connectivity index is 2.15. The zero-order chi connectivity index (χ0) is 13.1. The van der Waals surface area contributed by atoms with Crippen LogP contribution in [0.5, 0.6) is 0 Å². The summed E-state index contributed by atoms with van der Waals surface area (Å²) in [4.78, 5) is 14.6. The molecule has 0 aliphatic heterocycles. The molecule has 0 atom stereocenters. The number of hydrogen-bond donors (Lipinski definition) is 1. The molecule has 2 rings (SSSR count). The molecule has 1 heterocycles. The minimum atomic E-state index is -0.357. The number of benzene rings is 1. The summed E-state index contributed by atoms with van der Waals surface area (Å²) in [5.74, 6) is 0.541. The average Bonchev–Trinajstić information content (AvgIpc) is 2.65. The van der Waals surface area contributed by atoms with E-state index in [1.54, 1.807) is 18.2 Å². The predicted octanol–water partition coefficient (Wildman–Crippen LogP) is 3.23. The van der Waals surface area contributed by atoms with Gasteiger partial charge in [-0.05, 0) is 6.92 Å². The van der Waals surface area contributed by atoms with Crippen molar-refractivity contribution in [3.8, 4) is 0 Å². The highest BCUT2D eigenvalue weighted by Gasteiger charge is 2.14. The first-order chi connectivity index (χ1) is 8.58. The van der Waals surface area contributed by atoms with Crippen molar-refractivity contribution < 1.29 is 4.92 Å². The van der Waals surface area contributed by atoms with Crippen molar-refractivity contribution >= 4 is 33.9 Å². The Morgan fingerprint density at radius 3 is 2.83 bits per heavy atom. The number of thiazole rings is 1. The molecule has 94 valence electrons. The van der Waals surface area contributed by atoms with Crippen LogP contribution >= 0.6 is 23.1 Å². The maximum atomic E-state index is 10.9. The van der Waals surface area contributed by atoms with Crippen molar-refractivity contribution in [3.63, 3.8) is 0 Å². The number of nitro benzene ring substituents is 1. The minimum Gasteiger partial charge on any atom is -0.375 e. The van der Waals surface area contributed by atoms with Crippen molar-refractivity contribution in [1.29, 1.82) is 0 Å². The van der Waals surface area contributed by atoms with Gasteiger partial charge >= 0.3 is 0 Å². The van der Waals surface area contributed by atoms with Gasteiger partial charge in [-0.15, -0.1) is 11.8 Å². The van der Waals surface area contributed by atoms with Gasteiger partial charge in [0.25, 0.3) is 5.69 Å². The van der Waals surface area contributed by atoms with E-state index in [2.05, 4.69) is 4.98 Å². The lowest BCUT2D eigenvalue weighted by atomic mass is 10.2. The Kier molecular flexibility index (Phi) is 3.83. The standard InChI is InChI=1S/C11H11N3O2S2/c1-7-10(18-11(12)13-7)17-6-8-4-2-3-5-9(8)14(15)16/h2-5H,6H2,1H3,(H2,12,13). The zero-order valence-corrected chi connectivity index (χ0v) is 11.3. The Hall–Kier alpha value is -1.60. The summed E-state index contributed by atoms with van der Waals surface area (Å²) >= 11 is 2.93. The number of para-hydroxylation sites is 1. The molecular weight excluding hydrogens is 270 g/mol. The fraction of sp³-hybridized carbons (Fsp3) is 0.182. The second kappa shape index (κ2) is 5.36. The molecule has 0 aliphatic rings. The predicted molar refractivity (Wildman–Crippen MR) is 73.9 cm³/mol. The van der Waals surface area contributed by atoms with E-state index >= 15 is 0 Å². The van der Waals surface area contributed by atoms with E-state index in [9.17, 15) is 10.1 Å². The zero-order valence-electron chi connectivity index (χ0n) is 9.62. The topological polar surface area (TPSA) is 82.0 Å². The first-order valence-corrected chi connectivity index (χ1v) is 6.96. The van der Waals surface area contributed by atoms with Crippen molar-refractivity contribution in [2.45, 2.75) is 16.9 Å². The Labute approximate surface area is 112 Å². The van der Waals surface area contributed by atoms with E-state index in [-0.39, 0.29) is 10.6 Å². The number of nitrogens with two attached hydrogens (primary N) is 1. The molecule has 1 aromatic carbocycles. The van der Waals surface area contributed by atoms with Crippen LogP contribution < -0.4 is 5.73 Å². The lowest BCUT2D eigenvalue weighted by Gasteiger charge is -2.01. The Morgan fingerprint density at radius 2 is 2.22 bits per heavy atom. The third kappa shape index (κ3) is 2.80. The molecule has 0 bridgehead atoms. The monoisotopic (exact) mass is 281 g/mol. The fourth-order valence-corrected chi connectivity index (χ4v) is 3.51. The smallest absolute Gasteiger partial charge is 0.273 e. The van der Waals surface area contributed by atoms with Crippen LogP contribution in [-0.2, 0) is 5.75 Å². The van der Waals surface area contributed by atoms with E-state index < -0.39 is 0 Å². The molecule has 2 aromatic rings. The fourth-order valence-electron chi connectivity index (χ4n) is 1.49. The van der Waals surface area contributed by atoms with Gasteiger partial charge in [-0.2, -0.15) is 0 Å². The first-order valence-electron chi connectivity index (χ1n) is 5.16. The lowest BCUT2D eigenvalue weighted by Crippen LogP contribution is -1.93. The molecule has 1 aromatic heterocycles. The molecule has 0 unspecified atom stereocenters. The van der Waals surface area contributed by atoms with Gasteiger partial charge in [0, 0.05) is 17.4 Å². The summed E-state index contributed by atoms with van der Waals surface area (Å²) in [6.45, 7) is 1.88. The lowest BCUT2D eigenvalue weighted by molar-refractivity contribution is -0.385. The van der Waals surface area contributed by atoms with Gasteiger partial charge in [0.05, 0.1) is 14.8 Å². The second-order valence-electron chi connectivity index (χ2n) is 3.60. The SMILES string of the molecule is Cc1nc(N)sc1SCc1ccccc1[N+](=O)[O-]. The summed E-state index contributed by atoms with van der Waals surface area (Å²) < 4.78 is 1.01. The van der Waals surface area contributed by atoms with Crippen molar-refractivity contribution in [2.24, 2.45) is 0 Å². The van der Waals surface area contributed by atoms with E-state index in [4.69, 9.17) is 5.73 Å². The van der Waals surface area contributed by atoms with Gasteiger partial charge in [0.1, 0.15) is 0 Å². The van der Waals surface area contributed by atoms with Crippen LogP contribution in [0.15, 0.2) is 28.5 Å². The van der Waals surface area contributed by atoms with Crippen LogP contribution in [-0.4, -0.2) is 9.91 Å². The van der Waals surface area contributed by atoms with Gasteiger partial charge < -0.3 is 5.73 Å². The number of anilines is 1. The Morgan fingerprint density at radius 1 is 1.50 bits per heavy atom. The van der Waals surface area contributed by atoms with E-state index in [0.29, 0.717) is 16.4 Å². The summed E-state index contributed by atoms with van der Waals surface area (Å²) in [7, 11) is 0. The number of thioether (sulfide) groups is 1. The quantitative estimate of drug-likeness (QED) is 0.528. The largest absolute Gasteiger partial charge is 0.375 e. The summed E-state index contributed by atoms with van der Waals surface area (Å²) in [6.07, 6.45) is 0. The van der Waals surface area contributed by atoms with Crippen LogP contribution in [0.1, 0.15) is 11.3 Å². The summed E-state index contributed by atoms with van der Waals surface area (Å²) in [5, 5.41) is 11.4. The van der Waals surface area contributed by atoms with Crippen LogP contribution in [0.4, 0.5) is 10.8 Å². The molecule has 5 nitrogen and oxygen atoms in total. The number of aryl methyl sites for hydroxylation is 1. The van der Waals surface area contributed by atoms with Gasteiger partial charge in [-0.1, -0.05) is 29.5 Å². The molecule has 0 spiro atoms. The molecule has 2 N–H and O–H groups in total. The first kappa shape index (κ1) is 12.8. The molecule has 0 radical (unpaired) electrons. The van der Waals surface area contributed by atoms with Gasteiger partial charge in [-0.3, -0.25) is 10.1 Å². The number of nitrogen functional groups attached to an aromatic ring is 1. The number of rotatable bonds is 4.